The predicted molar refractivity (Wildman–Crippen MR) is 134 cm³/mol. The van der Waals surface area contributed by atoms with Crippen LogP contribution < -0.4 is 10.1 Å². The van der Waals surface area contributed by atoms with Crippen molar-refractivity contribution in [2.75, 3.05) is 12.4 Å². The first kappa shape index (κ1) is 27.4. The lowest BCUT2D eigenvalue weighted by Crippen LogP contribution is -2.31. The first-order valence-corrected chi connectivity index (χ1v) is 11.9. The van der Waals surface area contributed by atoms with E-state index < -0.39 is 41.8 Å². The van der Waals surface area contributed by atoms with Crippen LogP contribution in [0.25, 0.3) is 6.08 Å². The maximum absolute atomic E-state index is 13.3. The highest BCUT2D eigenvalue weighted by molar-refractivity contribution is 6.03. The molecule has 196 valence electrons. The number of ketones is 1. The van der Waals surface area contributed by atoms with Gasteiger partial charge >= 0.3 is 12.1 Å². The zero-order valence-electron chi connectivity index (χ0n) is 21.9. The fourth-order valence-corrected chi connectivity index (χ4v) is 3.99. The predicted octanol–water partition coefficient (Wildman–Crippen LogP) is 5.04. The van der Waals surface area contributed by atoms with Crippen LogP contribution in [0.15, 0.2) is 30.4 Å². The molecule has 0 bridgehead atoms. The Hall–Kier alpha value is -3.17. The van der Waals surface area contributed by atoms with E-state index >= 15 is 0 Å². The molecule has 9 heteroatoms. The Bertz CT molecular complexity index is 1070. The normalized spacial score (nSPS) is 24.2. The number of fused-ring (bicyclic) bond motifs is 2. The van der Waals surface area contributed by atoms with Crippen LogP contribution in [0.4, 0.5) is 10.5 Å². The fraction of sp³-hybridized carbons (Fsp3) is 0.519. The third-order valence-electron chi connectivity index (χ3n) is 5.40. The summed E-state index contributed by atoms with van der Waals surface area (Å²) in [5.74, 6) is -1.24. The Morgan fingerprint density at radius 2 is 1.86 bits per heavy atom. The van der Waals surface area contributed by atoms with E-state index in [4.69, 9.17) is 23.7 Å². The molecule has 1 amide bonds. The SMILES string of the molecule is COc1cc2c(c(NC(=O)OC(C)(C)C)c1)C(=O)O[C@@H](C)C=CCC(=O)[C@H]1OC(C)(C)O[C@H]1CC=C2. The molecule has 1 N–H and O–H groups in total. The average molecular weight is 502 g/mol. The molecule has 2 aliphatic rings. The summed E-state index contributed by atoms with van der Waals surface area (Å²) in [7, 11) is 1.49. The third kappa shape index (κ3) is 7.18. The molecule has 1 aromatic carbocycles. The molecule has 0 saturated carbocycles. The number of carbonyl (C=O) groups is 3. The second kappa shape index (κ2) is 10.8. The van der Waals surface area contributed by atoms with Crippen LogP contribution in [-0.4, -0.2) is 54.7 Å². The summed E-state index contributed by atoms with van der Waals surface area (Å²) in [6.45, 7) is 10.5. The van der Waals surface area contributed by atoms with Gasteiger partial charge in [-0.05, 0) is 65.7 Å². The van der Waals surface area contributed by atoms with Crippen LogP contribution in [0, 0.1) is 0 Å². The van der Waals surface area contributed by atoms with Crippen LogP contribution in [0.1, 0.15) is 70.3 Å². The van der Waals surface area contributed by atoms with Crippen molar-refractivity contribution in [3.8, 4) is 5.75 Å². The summed E-state index contributed by atoms with van der Waals surface area (Å²) in [5, 5.41) is 2.65. The number of hydrogen-bond acceptors (Lipinski definition) is 8. The van der Waals surface area contributed by atoms with Gasteiger partial charge in [-0.25, -0.2) is 9.59 Å². The van der Waals surface area contributed by atoms with E-state index in [0.29, 0.717) is 17.7 Å². The summed E-state index contributed by atoms with van der Waals surface area (Å²) >= 11 is 0. The fourth-order valence-electron chi connectivity index (χ4n) is 3.99. The Morgan fingerprint density at radius 3 is 2.53 bits per heavy atom. The minimum atomic E-state index is -0.894. The molecule has 0 unspecified atom stereocenters. The number of rotatable bonds is 2. The molecule has 9 nitrogen and oxygen atoms in total. The molecule has 3 rings (SSSR count). The number of esters is 1. The van der Waals surface area contributed by atoms with Gasteiger partial charge in [-0.2, -0.15) is 0 Å². The lowest BCUT2D eigenvalue weighted by atomic mass is 10.0. The molecule has 3 atom stereocenters. The van der Waals surface area contributed by atoms with Crippen molar-refractivity contribution in [2.24, 2.45) is 0 Å². The van der Waals surface area contributed by atoms with Gasteiger partial charge < -0.3 is 23.7 Å². The van der Waals surface area contributed by atoms with Crippen molar-refractivity contribution in [3.63, 3.8) is 0 Å². The number of anilines is 1. The molecule has 1 aromatic rings. The van der Waals surface area contributed by atoms with Gasteiger partial charge in [-0.15, -0.1) is 0 Å². The largest absolute Gasteiger partial charge is 0.497 e. The molecule has 2 heterocycles. The van der Waals surface area contributed by atoms with E-state index in [1.165, 1.54) is 13.2 Å². The van der Waals surface area contributed by atoms with Gasteiger partial charge in [0.1, 0.15) is 23.6 Å². The lowest BCUT2D eigenvalue weighted by molar-refractivity contribution is -0.154. The van der Waals surface area contributed by atoms with Gasteiger partial charge in [-0.3, -0.25) is 10.1 Å². The minimum absolute atomic E-state index is 0.114. The number of benzene rings is 1. The Balaban J connectivity index is 2.05. The van der Waals surface area contributed by atoms with Crippen molar-refractivity contribution < 1.29 is 38.1 Å². The number of hydrogen-bond donors (Lipinski definition) is 1. The van der Waals surface area contributed by atoms with Gasteiger partial charge in [-0.1, -0.05) is 18.2 Å². The van der Waals surface area contributed by atoms with Crippen molar-refractivity contribution in [2.45, 2.75) is 84.1 Å². The van der Waals surface area contributed by atoms with Gasteiger partial charge in [0.25, 0.3) is 0 Å². The maximum Gasteiger partial charge on any atom is 0.412 e. The third-order valence-corrected chi connectivity index (χ3v) is 5.40. The number of methoxy groups -OCH3 is 1. The van der Waals surface area contributed by atoms with Crippen LogP contribution >= 0.6 is 0 Å². The molecule has 36 heavy (non-hydrogen) atoms. The molecular formula is C27H35NO8. The number of cyclic esters (lactones) is 1. The smallest absolute Gasteiger partial charge is 0.412 e. The standard InChI is InChI=1S/C27H35NO8/c1-16-10-8-12-20(29)23-21(34-27(5,6)35-23)13-9-11-17-14-18(32-7)15-19(22(17)24(30)33-16)28-25(31)36-26(2,3)4/h8-11,14-16,21,23H,12-13H2,1-7H3,(H,28,31)/t16-,21-,23+/m0/s1. The zero-order valence-corrected chi connectivity index (χ0v) is 21.9. The molecule has 0 aliphatic carbocycles. The number of allylic oxidation sites excluding steroid dienone is 1. The summed E-state index contributed by atoms with van der Waals surface area (Å²) in [6.07, 6.45) is 4.72. The quantitative estimate of drug-likeness (QED) is 0.443. The maximum atomic E-state index is 13.3. The molecule has 1 saturated heterocycles. The second-order valence-electron chi connectivity index (χ2n) is 10.2. The van der Waals surface area contributed by atoms with Crippen LogP contribution in [0.3, 0.4) is 0 Å². The summed E-state index contributed by atoms with van der Waals surface area (Å²) < 4.78 is 28.2. The number of Topliss-reactive ketones (excluding diaryl/α,β-unsaturated/α-hetero) is 1. The first-order valence-electron chi connectivity index (χ1n) is 11.9. The summed E-state index contributed by atoms with van der Waals surface area (Å²) in [4.78, 5) is 38.6. The minimum Gasteiger partial charge on any atom is -0.497 e. The summed E-state index contributed by atoms with van der Waals surface area (Å²) in [5.41, 5.74) is 0.0579. The number of amides is 1. The molecule has 1 fully saturated rings. The summed E-state index contributed by atoms with van der Waals surface area (Å²) in [6, 6.07) is 3.20. The van der Waals surface area contributed by atoms with Gasteiger partial charge in [0.2, 0.25) is 0 Å². The monoisotopic (exact) mass is 501 g/mol. The Labute approximate surface area is 211 Å². The van der Waals surface area contributed by atoms with Gasteiger partial charge in [0, 0.05) is 12.5 Å². The lowest BCUT2D eigenvalue weighted by Gasteiger charge is -2.21. The first-order chi connectivity index (χ1) is 16.8. The molecule has 0 spiro atoms. The average Bonchev–Trinajstić information content (AvgIpc) is 3.05. The van der Waals surface area contributed by atoms with E-state index in [2.05, 4.69) is 5.32 Å². The molecule has 0 aromatic heterocycles. The van der Waals surface area contributed by atoms with E-state index in [9.17, 15) is 14.4 Å². The van der Waals surface area contributed by atoms with Crippen LogP contribution in [0.5, 0.6) is 5.75 Å². The van der Waals surface area contributed by atoms with Crippen LogP contribution in [-0.2, 0) is 23.7 Å². The highest BCUT2D eigenvalue weighted by Crippen LogP contribution is 2.33. The Morgan fingerprint density at radius 1 is 1.14 bits per heavy atom. The molecule has 0 radical (unpaired) electrons. The zero-order chi connectivity index (χ0) is 26.7. The number of ether oxygens (including phenoxy) is 5. The van der Waals surface area contributed by atoms with Crippen molar-refractivity contribution in [1.82, 2.24) is 0 Å². The molecule has 2 aliphatic heterocycles. The van der Waals surface area contributed by atoms with Crippen molar-refractivity contribution in [3.05, 3.63) is 41.5 Å². The highest BCUT2D eigenvalue weighted by atomic mass is 16.8. The van der Waals surface area contributed by atoms with Gasteiger partial charge in [0.05, 0.1) is 24.5 Å². The van der Waals surface area contributed by atoms with Crippen LogP contribution in [0.2, 0.25) is 0 Å². The number of carbonyl (C=O) groups excluding carboxylic acids is 3. The second-order valence-corrected chi connectivity index (χ2v) is 10.2. The molecular weight excluding hydrogens is 466 g/mol. The van der Waals surface area contributed by atoms with E-state index in [1.54, 1.807) is 71.9 Å². The van der Waals surface area contributed by atoms with E-state index in [1.807, 2.05) is 0 Å². The topological polar surface area (TPSA) is 109 Å². The van der Waals surface area contributed by atoms with Gasteiger partial charge in [0.15, 0.2) is 11.6 Å². The van der Waals surface area contributed by atoms with E-state index in [0.717, 1.165) is 0 Å². The van der Waals surface area contributed by atoms with Crippen molar-refractivity contribution >= 4 is 29.6 Å². The highest BCUT2D eigenvalue weighted by Gasteiger charge is 2.43. The van der Waals surface area contributed by atoms with Crippen molar-refractivity contribution in [1.29, 1.82) is 0 Å². The van der Waals surface area contributed by atoms with E-state index in [-0.39, 0.29) is 23.5 Å². The number of nitrogens with one attached hydrogen (secondary N) is 1. The Kier molecular flexibility index (Phi) is 8.26.